The minimum atomic E-state index is -0.353. The van der Waals surface area contributed by atoms with Gasteiger partial charge in [0.2, 0.25) is 0 Å². The molecule has 0 aliphatic carbocycles. The summed E-state index contributed by atoms with van der Waals surface area (Å²) in [4.78, 5) is 12.4. The van der Waals surface area contributed by atoms with Crippen molar-refractivity contribution in [1.29, 1.82) is 0 Å². The summed E-state index contributed by atoms with van der Waals surface area (Å²) in [5.41, 5.74) is 2.27. The SMILES string of the molecule is Cc1c(OCC(C)C)ccc(Br)c1C(=O)OCc1ccccc1. The number of ether oxygens (including phenoxy) is 2. The summed E-state index contributed by atoms with van der Waals surface area (Å²) < 4.78 is 11.9. The summed E-state index contributed by atoms with van der Waals surface area (Å²) in [5, 5.41) is 0. The van der Waals surface area contributed by atoms with Gasteiger partial charge in [0.15, 0.2) is 0 Å². The number of carbonyl (C=O) groups excluding carboxylic acids is 1. The fraction of sp³-hybridized carbons (Fsp3) is 0.316. The molecule has 0 aliphatic heterocycles. The van der Waals surface area contributed by atoms with Gasteiger partial charge in [-0.2, -0.15) is 0 Å². The maximum atomic E-state index is 12.4. The van der Waals surface area contributed by atoms with Crippen molar-refractivity contribution < 1.29 is 14.3 Å². The third kappa shape index (κ3) is 4.83. The van der Waals surface area contributed by atoms with Crippen molar-refractivity contribution in [2.75, 3.05) is 6.61 Å². The van der Waals surface area contributed by atoms with Gasteiger partial charge in [0.1, 0.15) is 12.4 Å². The van der Waals surface area contributed by atoms with Crippen molar-refractivity contribution >= 4 is 21.9 Å². The largest absolute Gasteiger partial charge is 0.493 e. The van der Waals surface area contributed by atoms with Crippen LogP contribution in [0.25, 0.3) is 0 Å². The second-order valence-corrected chi connectivity index (χ2v) is 6.67. The van der Waals surface area contributed by atoms with Crippen LogP contribution in [0, 0.1) is 12.8 Å². The van der Waals surface area contributed by atoms with Crippen molar-refractivity contribution in [3.8, 4) is 5.75 Å². The van der Waals surface area contributed by atoms with Crippen LogP contribution in [0.15, 0.2) is 46.9 Å². The Hall–Kier alpha value is -1.81. The van der Waals surface area contributed by atoms with Crippen LogP contribution in [0.2, 0.25) is 0 Å². The standard InChI is InChI=1S/C19H21BrO3/c1-13(2)11-22-17-10-9-16(20)18(14(17)3)19(21)23-12-15-7-5-4-6-8-15/h4-10,13H,11-12H2,1-3H3. The Morgan fingerprint density at radius 3 is 2.48 bits per heavy atom. The van der Waals surface area contributed by atoms with Gasteiger partial charge in [0.05, 0.1) is 12.2 Å². The summed E-state index contributed by atoms with van der Waals surface area (Å²) in [5.74, 6) is 0.785. The topological polar surface area (TPSA) is 35.5 Å². The molecular formula is C19H21BrO3. The van der Waals surface area contributed by atoms with Gasteiger partial charge in [0.25, 0.3) is 0 Å². The van der Waals surface area contributed by atoms with E-state index >= 15 is 0 Å². The number of hydrogen-bond donors (Lipinski definition) is 0. The van der Waals surface area contributed by atoms with Crippen LogP contribution >= 0.6 is 15.9 Å². The molecule has 0 spiro atoms. The van der Waals surface area contributed by atoms with Crippen molar-refractivity contribution in [2.24, 2.45) is 5.92 Å². The number of rotatable bonds is 6. The van der Waals surface area contributed by atoms with Crippen molar-refractivity contribution in [3.05, 3.63) is 63.6 Å². The quantitative estimate of drug-likeness (QED) is 0.653. The molecule has 0 atom stereocenters. The minimum Gasteiger partial charge on any atom is -0.493 e. The third-order valence-corrected chi connectivity index (χ3v) is 4.01. The molecule has 2 aromatic carbocycles. The Bertz CT molecular complexity index is 666. The lowest BCUT2D eigenvalue weighted by Crippen LogP contribution is -2.11. The molecule has 0 heterocycles. The van der Waals surface area contributed by atoms with Gasteiger partial charge in [0, 0.05) is 10.0 Å². The van der Waals surface area contributed by atoms with Crippen LogP contribution in [0.4, 0.5) is 0 Å². The molecule has 0 bridgehead atoms. The highest BCUT2D eigenvalue weighted by atomic mass is 79.9. The Morgan fingerprint density at radius 2 is 1.83 bits per heavy atom. The zero-order chi connectivity index (χ0) is 16.8. The van der Waals surface area contributed by atoms with Crippen LogP contribution in [-0.4, -0.2) is 12.6 Å². The van der Waals surface area contributed by atoms with Crippen LogP contribution in [-0.2, 0) is 11.3 Å². The molecule has 0 aliphatic rings. The van der Waals surface area contributed by atoms with E-state index in [1.807, 2.05) is 49.4 Å². The molecule has 122 valence electrons. The second-order valence-electron chi connectivity index (χ2n) is 5.81. The third-order valence-electron chi connectivity index (χ3n) is 3.35. The van der Waals surface area contributed by atoms with Gasteiger partial charge in [-0.1, -0.05) is 44.2 Å². The predicted octanol–water partition coefficient (Wildman–Crippen LogP) is 5.15. The molecule has 0 amide bonds. The lowest BCUT2D eigenvalue weighted by atomic mass is 10.1. The van der Waals surface area contributed by atoms with Crippen LogP contribution in [0.5, 0.6) is 5.75 Å². The smallest absolute Gasteiger partial charge is 0.340 e. The van der Waals surface area contributed by atoms with E-state index < -0.39 is 0 Å². The lowest BCUT2D eigenvalue weighted by Gasteiger charge is -2.15. The monoisotopic (exact) mass is 376 g/mol. The van der Waals surface area contributed by atoms with Gasteiger partial charge in [-0.05, 0) is 46.5 Å². The maximum absolute atomic E-state index is 12.4. The van der Waals surface area contributed by atoms with Gasteiger partial charge >= 0.3 is 5.97 Å². The number of carbonyl (C=O) groups is 1. The summed E-state index contributed by atoms with van der Waals surface area (Å²) in [7, 11) is 0. The van der Waals surface area contributed by atoms with Gasteiger partial charge in [-0.15, -0.1) is 0 Å². The van der Waals surface area contributed by atoms with E-state index in [0.29, 0.717) is 28.3 Å². The average molecular weight is 377 g/mol. The van der Waals surface area contributed by atoms with Gasteiger partial charge in [-0.3, -0.25) is 0 Å². The summed E-state index contributed by atoms with van der Waals surface area (Å²) in [6.07, 6.45) is 0. The molecule has 23 heavy (non-hydrogen) atoms. The lowest BCUT2D eigenvalue weighted by molar-refractivity contribution is 0.0470. The Balaban J connectivity index is 2.13. The van der Waals surface area contributed by atoms with Gasteiger partial charge < -0.3 is 9.47 Å². The molecule has 3 nitrogen and oxygen atoms in total. The van der Waals surface area contributed by atoms with Crippen LogP contribution in [0.3, 0.4) is 0 Å². The first-order valence-corrected chi connectivity index (χ1v) is 8.41. The zero-order valence-electron chi connectivity index (χ0n) is 13.6. The van der Waals surface area contributed by atoms with Crippen LogP contribution in [0.1, 0.15) is 35.3 Å². The predicted molar refractivity (Wildman–Crippen MR) is 94.8 cm³/mol. The highest BCUT2D eigenvalue weighted by Gasteiger charge is 2.18. The molecule has 0 aromatic heterocycles. The summed E-state index contributed by atoms with van der Waals surface area (Å²) >= 11 is 3.43. The number of hydrogen-bond acceptors (Lipinski definition) is 3. The van der Waals surface area contributed by atoms with Crippen molar-refractivity contribution in [2.45, 2.75) is 27.4 Å². The Kier molecular flexibility index (Phi) is 6.22. The Labute approximate surface area is 145 Å². The van der Waals surface area contributed by atoms with E-state index in [2.05, 4.69) is 29.8 Å². The molecule has 2 rings (SSSR count). The van der Waals surface area contributed by atoms with E-state index in [9.17, 15) is 4.79 Å². The van der Waals surface area contributed by atoms with E-state index in [0.717, 1.165) is 11.1 Å². The first-order chi connectivity index (χ1) is 11.0. The van der Waals surface area contributed by atoms with Crippen LogP contribution < -0.4 is 4.74 Å². The maximum Gasteiger partial charge on any atom is 0.340 e. The number of esters is 1. The first kappa shape index (κ1) is 17.5. The summed E-state index contributed by atoms with van der Waals surface area (Å²) in [6, 6.07) is 13.3. The first-order valence-electron chi connectivity index (χ1n) is 7.62. The molecule has 0 unspecified atom stereocenters. The van der Waals surface area contributed by atoms with Crippen molar-refractivity contribution in [1.82, 2.24) is 0 Å². The molecular weight excluding hydrogens is 356 g/mol. The molecule has 2 aromatic rings. The average Bonchev–Trinajstić information content (AvgIpc) is 2.53. The molecule has 0 saturated carbocycles. The fourth-order valence-electron chi connectivity index (χ4n) is 2.12. The molecule has 0 N–H and O–H groups in total. The van der Waals surface area contributed by atoms with E-state index in [1.165, 1.54) is 0 Å². The van der Waals surface area contributed by atoms with Gasteiger partial charge in [-0.25, -0.2) is 4.79 Å². The second kappa shape index (κ2) is 8.16. The molecule has 0 radical (unpaired) electrons. The Morgan fingerprint density at radius 1 is 1.13 bits per heavy atom. The van der Waals surface area contributed by atoms with E-state index in [1.54, 1.807) is 0 Å². The number of benzene rings is 2. The normalized spacial score (nSPS) is 10.7. The van der Waals surface area contributed by atoms with E-state index in [-0.39, 0.29) is 12.6 Å². The minimum absolute atomic E-state index is 0.253. The van der Waals surface area contributed by atoms with E-state index in [4.69, 9.17) is 9.47 Å². The highest BCUT2D eigenvalue weighted by molar-refractivity contribution is 9.10. The highest BCUT2D eigenvalue weighted by Crippen LogP contribution is 2.29. The fourth-order valence-corrected chi connectivity index (χ4v) is 2.71. The molecule has 0 fully saturated rings. The summed E-state index contributed by atoms with van der Waals surface area (Å²) in [6.45, 7) is 6.91. The molecule has 4 heteroatoms. The van der Waals surface area contributed by atoms with Crippen molar-refractivity contribution in [3.63, 3.8) is 0 Å². The zero-order valence-corrected chi connectivity index (χ0v) is 15.2. The number of halogens is 1. The molecule has 0 saturated heterocycles.